The molecular formula is C14H12ClN3O3. The van der Waals surface area contributed by atoms with Crippen LogP contribution < -0.4 is 5.32 Å². The van der Waals surface area contributed by atoms with Gasteiger partial charge in [-0.2, -0.15) is 0 Å². The van der Waals surface area contributed by atoms with E-state index in [0.717, 1.165) is 5.56 Å². The van der Waals surface area contributed by atoms with Crippen LogP contribution in [-0.2, 0) is 16.1 Å². The summed E-state index contributed by atoms with van der Waals surface area (Å²) in [7, 11) is 0. The van der Waals surface area contributed by atoms with Crippen LogP contribution in [-0.4, -0.2) is 28.5 Å². The van der Waals surface area contributed by atoms with E-state index in [1.165, 1.54) is 18.6 Å². The van der Waals surface area contributed by atoms with Gasteiger partial charge in [0, 0.05) is 24.0 Å². The van der Waals surface area contributed by atoms with Crippen molar-refractivity contribution in [3.8, 4) is 0 Å². The second-order valence-corrected chi connectivity index (χ2v) is 4.44. The maximum absolute atomic E-state index is 11.6. The monoisotopic (exact) mass is 305 g/mol. The van der Waals surface area contributed by atoms with Crippen LogP contribution in [0.2, 0.25) is 5.02 Å². The van der Waals surface area contributed by atoms with E-state index >= 15 is 0 Å². The van der Waals surface area contributed by atoms with E-state index in [-0.39, 0.29) is 18.8 Å². The molecule has 0 fully saturated rings. The fraction of sp³-hybridized carbons (Fsp3) is 0.143. The van der Waals surface area contributed by atoms with Gasteiger partial charge in [-0.05, 0) is 11.6 Å². The number of aromatic nitrogens is 2. The largest absolute Gasteiger partial charge is 0.451 e. The van der Waals surface area contributed by atoms with Crippen LogP contribution in [0.4, 0.5) is 0 Å². The second kappa shape index (κ2) is 7.35. The first-order chi connectivity index (χ1) is 10.2. The number of benzene rings is 1. The third-order valence-corrected chi connectivity index (χ3v) is 2.91. The lowest BCUT2D eigenvalue weighted by molar-refractivity contribution is -0.124. The Labute approximate surface area is 126 Å². The van der Waals surface area contributed by atoms with Crippen LogP contribution >= 0.6 is 11.6 Å². The number of rotatable bonds is 5. The molecule has 0 aliphatic rings. The summed E-state index contributed by atoms with van der Waals surface area (Å²) in [5, 5.41) is 3.17. The van der Waals surface area contributed by atoms with Gasteiger partial charge in [0.2, 0.25) is 0 Å². The van der Waals surface area contributed by atoms with Gasteiger partial charge in [-0.1, -0.05) is 29.8 Å². The van der Waals surface area contributed by atoms with Crippen molar-refractivity contribution in [2.75, 3.05) is 6.61 Å². The summed E-state index contributed by atoms with van der Waals surface area (Å²) in [5.74, 6) is -1.12. The molecular weight excluding hydrogens is 294 g/mol. The number of halogens is 1. The lowest BCUT2D eigenvalue weighted by Gasteiger charge is -2.07. The second-order valence-electron chi connectivity index (χ2n) is 4.03. The van der Waals surface area contributed by atoms with Crippen molar-refractivity contribution in [2.24, 2.45) is 0 Å². The van der Waals surface area contributed by atoms with Crippen LogP contribution in [0.5, 0.6) is 0 Å². The molecule has 108 valence electrons. The predicted octanol–water partition coefficient (Wildman–Crippen LogP) is 1.60. The molecule has 6 nitrogen and oxygen atoms in total. The normalized spacial score (nSPS) is 9.95. The van der Waals surface area contributed by atoms with E-state index in [2.05, 4.69) is 15.3 Å². The van der Waals surface area contributed by atoms with Crippen molar-refractivity contribution in [1.29, 1.82) is 0 Å². The van der Waals surface area contributed by atoms with Gasteiger partial charge >= 0.3 is 5.97 Å². The standard InChI is InChI=1S/C14H12ClN3O3/c15-11-4-2-1-3-10(11)7-18-13(19)9-21-14(20)12-8-16-5-6-17-12/h1-6,8H,7,9H2,(H,18,19). The third-order valence-electron chi connectivity index (χ3n) is 2.54. The van der Waals surface area contributed by atoms with E-state index < -0.39 is 11.9 Å². The van der Waals surface area contributed by atoms with Crippen molar-refractivity contribution < 1.29 is 14.3 Å². The first-order valence-electron chi connectivity index (χ1n) is 6.10. The highest BCUT2D eigenvalue weighted by atomic mass is 35.5. The number of hydrogen-bond acceptors (Lipinski definition) is 5. The Balaban J connectivity index is 1.78. The number of carbonyl (C=O) groups excluding carboxylic acids is 2. The summed E-state index contributed by atoms with van der Waals surface area (Å²) in [6, 6.07) is 7.16. The number of ether oxygens (including phenoxy) is 1. The first kappa shape index (κ1) is 14.9. The van der Waals surface area contributed by atoms with Crippen LogP contribution in [0.25, 0.3) is 0 Å². The van der Waals surface area contributed by atoms with Crippen LogP contribution in [0, 0.1) is 0 Å². The van der Waals surface area contributed by atoms with Crippen LogP contribution in [0.3, 0.4) is 0 Å². The maximum Gasteiger partial charge on any atom is 0.359 e. The average molecular weight is 306 g/mol. The zero-order valence-electron chi connectivity index (χ0n) is 11.0. The molecule has 0 aliphatic heterocycles. The number of hydrogen-bond donors (Lipinski definition) is 1. The average Bonchev–Trinajstić information content (AvgIpc) is 2.52. The van der Waals surface area contributed by atoms with Crippen LogP contribution in [0.15, 0.2) is 42.9 Å². The van der Waals surface area contributed by atoms with Gasteiger partial charge in [-0.15, -0.1) is 0 Å². The fourth-order valence-corrected chi connectivity index (χ4v) is 1.70. The van der Waals surface area contributed by atoms with Crippen molar-refractivity contribution in [3.05, 3.63) is 59.1 Å². The van der Waals surface area contributed by atoms with Gasteiger partial charge in [0.05, 0.1) is 6.20 Å². The Kier molecular flexibility index (Phi) is 5.22. The number of nitrogens with zero attached hydrogens (tertiary/aromatic N) is 2. The molecule has 0 radical (unpaired) electrons. The Bertz CT molecular complexity index is 634. The number of nitrogens with one attached hydrogen (secondary N) is 1. The number of carbonyl (C=O) groups is 2. The molecule has 0 atom stereocenters. The topological polar surface area (TPSA) is 81.2 Å². The van der Waals surface area contributed by atoms with Crippen molar-refractivity contribution in [2.45, 2.75) is 6.54 Å². The first-order valence-corrected chi connectivity index (χ1v) is 6.48. The fourth-order valence-electron chi connectivity index (χ4n) is 1.50. The Hall–Kier alpha value is -2.47. The summed E-state index contributed by atoms with van der Waals surface area (Å²) in [5.41, 5.74) is 0.837. The van der Waals surface area contributed by atoms with Gasteiger partial charge in [-0.3, -0.25) is 9.78 Å². The molecule has 0 saturated heterocycles. The van der Waals surface area contributed by atoms with E-state index in [1.807, 2.05) is 6.07 Å². The minimum atomic E-state index is -0.698. The van der Waals surface area contributed by atoms with Gasteiger partial charge < -0.3 is 10.1 Å². The summed E-state index contributed by atoms with van der Waals surface area (Å²) < 4.78 is 4.82. The molecule has 0 saturated carbocycles. The summed E-state index contributed by atoms with van der Waals surface area (Å²) >= 11 is 5.96. The zero-order chi connectivity index (χ0) is 15.1. The lowest BCUT2D eigenvalue weighted by atomic mass is 10.2. The van der Waals surface area contributed by atoms with E-state index in [4.69, 9.17) is 16.3 Å². The van der Waals surface area contributed by atoms with Gasteiger partial charge in [0.25, 0.3) is 5.91 Å². The highest BCUT2D eigenvalue weighted by molar-refractivity contribution is 6.31. The molecule has 1 aromatic carbocycles. The molecule has 7 heteroatoms. The van der Waals surface area contributed by atoms with Gasteiger partial charge in [0.15, 0.2) is 12.3 Å². The molecule has 2 rings (SSSR count). The highest BCUT2D eigenvalue weighted by Gasteiger charge is 2.11. The Morgan fingerprint density at radius 1 is 1.24 bits per heavy atom. The molecule has 21 heavy (non-hydrogen) atoms. The van der Waals surface area contributed by atoms with Gasteiger partial charge in [-0.25, -0.2) is 9.78 Å². The molecule has 1 aromatic heterocycles. The van der Waals surface area contributed by atoms with Crippen LogP contribution in [0.1, 0.15) is 16.1 Å². The van der Waals surface area contributed by atoms with E-state index in [1.54, 1.807) is 18.2 Å². The molecule has 1 heterocycles. The lowest BCUT2D eigenvalue weighted by Crippen LogP contribution is -2.28. The number of esters is 1. The molecule has 1 amide bonds. The molecule has 2 aromatic rings. The molecule has 0 aliphatic carbocycles. The third kappa shape index (κ3) is 4.54. The van der Waals surface area contributed by atoms with E-state index in [0.29, 0.717) is 5.02 Å². The summed E-state index contributed by atoms with van der Waals surface area (Å²) in [4.78, 5) is 30.7. The maximum atomic E-state index is 11.6. The summed E-state index contributed by atoms with van der Waals surface area (Å²) in [6.45, 7) is -0.124. The Morgan fingerprint density at radius 2 is 2.05 bits per heavy atom. The Morgan fingerprint density at radius 3 is 2.76 bits per heavy atom. The quantitative estimate of drug-likeness (QED) is 0.849. The minimum absolute atomic E-state index is 0.0522. The van der Waals surface area contributed by atoms with Crippen molar-refractivity contribution in [1.82, 2.24) is 15.3 Å². The molecule has 0 unspecified atom stereocenters. The SMILES string of the molecule is O=C(COC(=O)c1cnccn1)NCc1ccccc1Cl. The zero-order valence-corrected chi connectivity index (χ0v) is 11.7. The number of amides is 1. The molecule has 0 bridgehead atoms. The predicted molar refractivity (Wildman–Crippen MR) is 75.6 cm³/mol. The van der Waals surface area contributed by atoms with Gasteiger partial charge in [0.1, 0.15) is 0 Å². The smallest absolute Gasteiger partial charge is 0.359 e. The highest BCUT2D eigenvalue weighted by Crippen LogP contribution is 2.14. The molecule has 1 N–H and O–H groups in total. The molecule has 0 spiro atoms. The minimum Gasteiger partial charge on any atom is -0.451 e. The van der Waals surface area contributed by atoms with E-state index in [9.17, 15) is 9.59 Å². The van der Waals surface area contributed by atoms with Crippen molar-refractivity contribution >= 4 is 23.5 Å². The van der Waals surface area contributed by atoms with Crippen molar-refractivity contribution in [3.63, 3.8) is 0 Å². The summed E-state index contributed by atoms with van der Waals surface area (Å²) in [6.07, 6.45) is 4.07.